The smallest absolute Gasteiger partial charge is 0.317 e. The van der Waals surface area contributed by atoms with E-state index in [0.29, 0.717) is 25.9 Å². The Kier molecular flexibility index (Phi) is 5.35. The fourth-order valence-corrected chi connectivity index (χ4v) is 2.54. The summed E-state index contributed by atoms with van der Waals surface area (Å²) in [5.41, 5.74) is 0.962. The highest BCUT2D eigenvalue weighted by Gasteiger charge is 2.32. The number of urea groups is 1. The summed E-state index contributed by atoms with van der Waals surface area (Å²) in [6, 6.07) is 5.70. The van der Waals surface area contributed by atoms with Crippen LogP contribution in [0.4, 0.5) is 4.79 Å². The van der Waals surface area contributed by atoms with Gasteiger partial charge in [0.2, 0.25) is 5.91 Å². The molecule has 3 amide bonds. The first kappa shape index (κ1) is 16.3. The van der Waals surface area contributed by atoms with Crippen LogP contribution in [-0.4, -0.2) is 58.9 Å². The van der Waals surface area contributed by atoms with Gasteiger partial charge in [-0.2, -0.15) is 0 Å². The predicted octanol–water partition coefficient (Wildman–Crippen LogP) is 1.27. The second-order valence-electron chi connectivity index (χ2n) is 5.98. The Morgan fingerprint density at radius 2 is 2.27 bits per heavy atom. The van der Waals surface area contributed by atoms with Crippen molar-refractivity contribution in [1.29, 1.82) is 0 Å². The molecule has 1 atom stereocenters. The molecule has 2 rings (SSSR count). The van der Waals surface area contributed by atoms with E-state index in [2.05, 4.69) is 10.3 Å². The molecule has 1 aromatic rings. The first-order chi connectivity index (χ1) is 10.5. The third-order valence-electron chi connectivity index (χ3n) is 3.89. The van der Waals surface area contributed by atoms with Crippen LogP contribution in [0.25, 0.3) is 0 Å². The van der Waals surface area contributed by atoms with E-state index in [1.54, 1.807) is 23.0 Å². The zero-order chi connectivity index (χ0) is 16.1. The van der Waals surface area contributed by atoms with E-state index < -0.39 is 0 Å². The van der Waals surface area contributed by atoms with Crippen LogP contribution in [0.3, 0.4) is 0 Å². The van der Waals surface area contributed by atoms with Crippen LogP contribution >= 0.6 is 0 Å². The molecule has 6 heteroatoms. The van der Waals surface area contributed by atoms with E-state index >= 15 is 0 Å². The van der Waals surface area contributed by atoms with Gasteiger partial charge >= 0.3 is 6.03 Å². The molecule has 0 bridgehead atoms. The van der Waals surface area contributed by atoms with Gasteiger partial charge in [-0.3, -0.25) is 9.78 Å². The zero-order valence-corrected chi connectivity index (χ0v) is 13.5. The molecule has 1 N–H and O–H groups in total. The summed E-state index contributed by atoms with van der Waals surface area (Å²) in [5.74, 6) is 0.108. The van der Waals surface area contributed by atoms with E-state index in [1.165, 1.54) is 0 Å². The molecule has 2 heterocycles. The number of amides is 3. The van der Waals surface area contributed by atoms with Gasteiger partial charge in [0.25, 0.3) is 0 Å². The Labute approximate surface area is 131 Å². The Morgan fingerprint density at radius 1 is 1.50 bits per heavy atom. The number of hydrogen-bond acceptors (Lipinski definition) is 3. The maximum Gasteiger partial charge on any atom is 0.317 e. The molecule has 1 aliphatic heterocycles. The maximum absolute atomic E-state index is 12.2. The second kappa shape index (κ2) is 7.24. The van der Waals surface area contributed by atoms with E-state index in [0.717, 1.165) is 5.69 Å². The van der Waals surface area contributed by atoms with Crippen molar-refractivity contribution in [1.82, 2.24) is 20.1 Å². The van der Waals surface area contributed by atoms with Crippen molar-refractivity contribution in [2.75, 3.05) is 20.1 Å². The lowest BCUT2D eigenvalue weighted by Gasteiger charge is -2.23. The molecule has 0 aromatic carbocycles. The Bertz CT molecular complexity index is 518. The number of rotatable bonds is 5. The molecule has 0 aliphatic carbocycles. The molecule has 0 radical (unpaired) electrons. The Hall–Kier alpha value is -2.11. The number of nitrogens with one attached hydrogen (secondary N) is 1. The summed E-state index contributed by atoms with van der Waals surface area (Å²) < 4.78 is 0. The van der Waals surface area contributed by atoms with Gasteiger partial charge in [0.15, 0.2) is 0 Å². The number of likely N-dealkylation sites (N-methyl/N-ethyl adjacent to an activating group) is 1. The van der Waals surface area contributed by atoms with Gasteiger partial charge in [0.1, 0.15) is 0 Å². The first-order valence-electron chi connectivity index (χ1n) is 7.68. The molecule has 0 saturated carbocycles. The number of hydrogen-bond donors (Lipinski definition) is 1. The van der Waals surface area contributed by atoms with Gasteiger partial charge in [-0.25, -0.2) is 4.79 Å². The minimum Gasteiger partial charge on any atom is -0.338 e. The highest BCUT2D eigenvalue weighted by atomic mass is 16.2. The largest absolute Gasteiger partial charge is 0.338 e. The maximum atomic E-state index is 12.2. The molecule has 22 heavy (non-hydrogen) atoms. The predicted molar refractivity (Wildman–Crippen MR) is 84.4 cm³/mol. The molecule has 120 valence electrons. The van der Waals surface area contributed by atoms with Gasteiger partial charge in [0, 0.05) is 50.9 Å². The lowest BCUT2D eigenvalue weighted by Crippen LogP contribution is -2.45. The molecular weight excluding hydrogens is 280 g/mol. The van der Waals surface area contributed by atoms with E-state index in [9.17, 15) is 9.59 Å². The van der Waals surface area contributed by atoms with Gasteiger partial charge in [-0.1, -0.05) is 6.07 Å². The van der Waals surface area contributed by atoms with Gasteiger partial charge in [-0.15, -0.1) is 0 Å². The molecule has 1 saturated heterocycles. The van der Waals surface area contributed by atoms with Gasteiger partial charge < -0.3 is 15.1 Å². The van der Waals surface area contributed by atoms with E-state index in [-0.39, 0.29) is 24.0 Å². The topological polar surface area (TPSA) is 65.5 Å². The van der Waals surface area contributed by atoms with Crippen molar-refractivity contribution in [3.63, 3.8) is 0 Å². The molecule has 6 nitrogen and oxygen atoms in total. The van der Waals surface area contributed by atoms with Crippen molar-refractivity contribution in [2.24, 2.45) is 0 Å². The summed E-state index contributed by atoms with van der Waals surface area (Å²) in [4.78, 5) is 31.7. The van der Waals surface area contributed by atoms with Gasteiger partial charge in [0.05, 0.1) is 6.04 Å². The normalized spacial score (nSPS) is 17.9. The summed E-state index contributed by atoms with van der Waals surface area (Å²) in [7, 11) is 1.76. The third-order valence-corrected chi connectivity index (χ3v) is 3.89. The van der Waals surface area contributed by atoms with Crippen LogP contribution in [0.5, 0.6) is 0 Å². The highest BCUT2D eigenvalue weighted by molar-refractivity contribution is 5.81. The zero-order valence-electron chi connectivity index (χ0n) is 13.5. The van der Waals surface area contributed by atoms with Crippen LogP contribution in [0.1, 0.15) is 26.0 Å². The quantitative estimate of drug-likeness (QED) is 0.891. The van der Waals surface area contributed by atoms with Crippen LogP contribution in [0.2, 0.25) is 0 Å². The monoisotopic (exact) mass is 304 g/mol. The van der Waals surface area contributed by atoms with Crippen molar-refractivity contribution in [3.8, 4) is 0 Å². The number of pyridine rings is 1. The van der Waals surface area contributed by atoms with Crippen molar-refractivity contribution in [3.05, 3.63) is 30.1 Å². The summed E-state index contributed by atoms with van der Waals surface area (Å²) in [5, 5.41) is 2.93. The average molecular weight is 304 g/mol. The van der Waals surface area contributed by atoms with E-state index in [4.69, 9.17) is 0 Å². The summed E-state index contributed by atoms with van der Waals surface area (Å²) in [6.45, 7) is 5.16. The van der Waals surface area contributed by atoms with Crippen LogP contribution < -0.4 is 5.32 Å². The van der Waals surface area contributed by atoms with Crippen LogP contribution in [0, 0.1) is 0 Å². The van der Waals surface area contributed by atoms with Crippen LogP contribution in [-0.2, 0) is 11.2 Å². The average Bonchev–Trinajstić information content (AvgIpc) is 2.86. The number of nitrogens with zero attached hydrogens (tertiary/aromatic N) is 3. The Morgan fingerprint density at radius 3 is 2.86 bits per heavy atom. The standard InChI is InChI=1S/C16H24N4O2/c1-12(2)20-11-14(10-15(20)21)18-16(22)19(3)9-7-13-6-4-5-8-17-13/h4-6,8,12,14H,7,9-11H2,1-3H3,(H,18,22)/t14-/m1/s1. The molecule has 1 fully saturated rings. The number of likely N-dealkylation sites (tertiary alicyclic amines) is 1. The number of carbonyl (C=O) groups is 2. The SMILES string of the molecule is CC(C)N1C[C@H](NC(=O)N(C)CCc2ccccn2)CC1=O. The third kappa shape index (κ3) is 4.19. The second-order valence-corrected chi connectivity index (χ2v) is 5.98. The minimum atomic E-state index is -0.140. The molecular formula is C16H24N4O2. The number of aromatic nitrogens is 1. The fourth-order valence-electron chi connectivity index (χ4n) is 2.54. The number of carbonyl (C=O) groups excluding carboxylic acids is 2. The Balaban J connectivity index is 1.78. The minimum absolute atomic E-state index is 0.0975. The fraction of sp³-hybridized carbons (Fsp3) is 0.562. The van der Waals surface area contributed by atoms with Crippen molar-refractivity contribution in [2.45, 2.75) is 38.8 Å². The molecule has 0 spiro atoms. The van der Waals surface area contributed by atoms with E-state index in [1.807, 2.05) is 32.0 Å². The van der Waals surface area contributed by atoms with Crippen LogP contribution in [0.15, 0.2) is 24.4 Å². The van der Waals surface area contributed by atoms with Gasteiger partial charge in [-0.05, 0) is 26.0 Å². The first-order valence-corrected chi connectivity index (χ1v) is 7.68. The lowest BCUT2D eigenvalue weighted by atomic mass is 10.2. The summed E-state index contributed by atoms with van der Waals surface area (Å²) in [6.07, 6.45) is 2.85. The molecule has 0 unspecified atom stereocenters. The molecule has 1 aliphatic rings. The van der Waals surface area contributed by atoms with Crippen molar-refractivity contribution >= 4 is 11.9 Å². The van der Waals surface area contributed by atoms with Crippen molar-refractivity contribution < 1.29 is 9.59 Å². The highest BCUT2D eigenvalue weighted by Crippen LogP contribution is 2.14. The summed E-state index contributed by atoms with van der Waals surface area (Å²) >= 11 is 0. The lowest BCUT2D eigenvalue weighted by molar-refractivity contribution is -0.129. The molecule has 1 aromatic heterocycles.